The Kier molecular flexibility index (Phi) is 4.53. The van der Waals surface area contributed by atoms with E-state index in [2.05, 4.69) is 81.2 Å². The summed E-state index contributed by atoms with van der Waals surface area (Å²) >= 11 is 0. The Bertz CT molecular complexity index is 773. The van der Waals surface area contributed by atoms with Gasteiger partial charge in [0.25, 0.3) is 0 Å². The zero-order valence-corrected chi connectivity index (χ0v) is 14.9. The minimum absolute atomic E-state index is 0.0943. The number of nitrogens with zero attached hydrogens (tertiary/aromatic N) is 1. The SMILES string of the molecule is Cc1ccc([S+](c2ccncc2)c2ccc(C)cc2C)c(C)c1. The first-order valence-electron chi connectivity index (χ1n) is 7.85. The van der Waals surface area contributed by atoms with Crippen LogP contribution in [0.25, 0.3) is 0 Å². The molecule has 0 radical (unpaired) electrons. The van der Waals surface area contributed by atoms with Crippen LogP contribution in [-0.2, 0) is 10.9 Å². The van der Waals surface area contributed by atoms with Gasteiger partial charge < -0.3 is 0 Å². The second-order valence-electron chi connectivity index (χ2n) is 6.03. The Balaban J connectivity index is 2.22. The summed E-state index contributed by atoms with van der Waals surface area (Å²) in [5.74, 6) is 0. The summed E-state index contributed by atoms with van der Waals surface area (Å²) in [4.78, 5) is 8.31. The van der Waals surface area contributed by atoms with E-state index in [1.165, 1.54) is 36.9 Å². The summed E-state index contributed by atoms with van der Waals surface area (Å²) in [6.45, 7) is 8.73. The van der Waals surface area contributed by atoms with Gasteiger partial charge in [-0.25, -0.2) is 0 Å². The van der Waals surface area contributed by atoms with E-state index in [1.807, 2.05) is 12.4 Å². The molecule has 0 aliphatic carbocycles. The van der Waals surface area contributed by atoms with Gasteiger partial charge in [-0.05, 0) is 39.8 Å². The van der Waals surface area contributed by atoms with Crippen molar-refractivity contribution in [3.8, 4) is 0 Å². The highest BCUT2D eigenvalue weighted by molar-refractivity contribution is 7.97. The zero-order valence-electron chi connectivity index (χ0n) is 14.1. The van der Waals surface area contributed by atoms with Crippen molar-refractivity contribution in [2.24, 2.45) is 0 Å². The molecule has 0 aliphatic heterocycles. The normalized spacial score (nSPS) is 11.0. The van der Waals surface area contributed by atoms with Gasteiger partial charge in [-0.15, -0.1) is 0 Å². The zero-order chi connectivity index (χ0) is 16.4. The minimum atomic E-state index is -0.0943. The lowest BCUT2D eigenvalue weighted by Gasteiger charge is -2.13. The average Bonchev–Trinajstić information content (AvgIpc) is 2.52. The molecule has 0 unspecified atom stereocenters. The number of aromatic nitrogens is 1. The summed E-state index contributed by atoms with van der Waals surface area (Å²) in [6, 6.07) is 17.8. The number of rotatable bonds is 3. The molecule has 0 spiro atoms. The van der Waals surface area contributed by atoms with Crippen LogP contribution < -0.4 is 0 Å². The van der Waals surface area contributed by atoms with Gasteiger partial charge in [-0.3, -0.25) is 4.98 Å². The topological polar surface area (TPSA) is 12.9 Å². The second-order valence-corrected chi connectivity index (χ2v) is 7.99. The van der Waals surface area contributed by atoms with E-state index in [4.69, 9.17) is 0 Å². The largest absolute Gasteiger partial charge is 0.264 e. The number of hydrogen-bond acceptors (Lipinski definition) is 1. The van der Waals surface area contributed by atoms with Gasteiger partial charge in [0.2, 0.25) is 0 Å². The molecule has 1 heterocycles. The summed E-state index contributed by atoms with van der Waals surface area (Å²) in [7, 11) is -0.0943. The van der Waals surface area contributed by atoms with Crippen molar-refractivity contribution >= 4 is 10.9 Å². The molecule has 0 bridgehead atoms. The highest BCUT2D eigenvalue weighted by atomic mass is 32.2. The van der Waals surface area contributed by atoms with Crippen molar-refractivity contribution in [3.63, 3.8) is 0 Å². The Labute approximate surface area is 141 Å². The third kappa shape index (κ3) is 3.32. The maximum atomic E-state index is 4.19. The van der Waals surface area contributed by atoms with Crippen LogP contribution in [0, 0.1) is 27.7 Å². The van der Waals surface area contributed by atoms with E-state index in [-0.39, 0.29) is 10.9 Å². The van der Waals surface area contributed by atoms with Crippen LogP contribution in [0.5, 0.6) is 0 Å². The highest BCUT2D eigenvalue weighted by Crippen LogP contribution is 2.35. The lowest BCUT2D eigenvalue weighted by Crippen LogP contribution is -2.08. The molecule has 0 saturated carbocycles. The second kappa shape index (κ2) is 6.59. The molecule has 3 rings (SSSR count). The first kappa shape index (κ1) is 15.8. The number of hydrogen-bond donors (Lipinski definition) is 0. The van der Waals surface area contributed by atoms with Gasteiger partial charge in [0.05, 0.1) is 10.9 Å². The molecular weight excluding hydrogens is 298 g/mol. The van der Waals surface area contributed by atoms with Crippen LogP contribution in [0.3, 0.4) is 0 Å². The monoisotopic (exact) mass is 320 g/mol. The quantitative estimate of drug-likeness (QED) is 0.588. The van der Waals surface area contributed by atoms with Crippen LogP contribution in [0.2, 0.25) is 0 Å². The van der Waals surface area contributed by atoms with Gasteiger partial charge in [-0.2, -0.15) is 0 Å². The molecule has 3 aromatic rings. The molecule has 1 aromatic heterocycles. The molecule has 0 saturated heterocycles. The lowest BCUT2D eigenvalue weighted by atomic mass is 10.2. The highest BCUT2D eigenvalue weighted by Gasteiger charge is 2.31. The molecule has 2 heteroatoms. The van der Waals surface area contributed by atoms with Crippen molar-refractivity contribution in [2.75, 3.05) is 0 Å². The Morgan fingerprint density at radius 3 is 1.57 bits per heavy atom. The number of benzene rings is 2. The van der Waals surface area contributed by atoms with Crippen molar-refractivity contribution in [3.05, 3.63) is 83.2 Å². The summed E-state index contributed by atoms with van der Waals surface area (Å²) in [5, 5.41) is 0. The molecule has 23 heavy (non-hydrogen) atoms. The third-order valence-corrected chi connectivity index (χ3v) is 6.53. The molecule has 0 amide bonds. The summed E-state index contributed by atoms with van der Waals surface area (Å²) in [6.07, 6.45) is 3.78. The fraction of sp³-hybridized carbons (Fsp3) is 0.190. The van der Waals surface area contributed by atoms with E-state index >= 15 is 0 Å². The fourth-order valence-corrected chi connectivity index (χ4v) is 5.21. The maximum Gasteiger partial charge on any atom is 0.169 e. The van der Waals surface area contributed by atoms with Gasteiger partial charge in [0.1, 0.15) is 0 Å². The molecule has 2 aromatic carbocycles. The molecule has 116 valence electrons. The molecule has 0 aliphatic rings. The van der Waals surface area contributed by atoms with Crippen molar-refractivity contribution < 1.29 is 0 Å². The summed E-state index contributed by atoms with van der Waals surface area (Å²) in [5.41, 5.74) is 5.32. The van der Waals surface area contributed by atoms with E-state index in [0.717, 1.165) is 0 Å². The van der Waals surface area contributed by atoms with Crippen molar-refractivity contribution in [1.82, 2.24) is 4.98 Å². The molecule has 0 N–H and O–H groups in total. The van der Waals surface area contributed by atoms with Gasteiger partial charge in [-0.1, -0.05) is 35.4 Å². The van der Waals surface area contributed by atoms with Crippen LogP contribution in [0.15, 0.2) is 75.6 Å². The maximum absolute atomic E-state index is 4.19. The third-order valence-electron chi connectivity index (χ3n) is 3.99. The van der Waals surface area contributed by atoms with E-state index in [9.17, 15) is 0 Å². The Hall–Kier alpha value is -2.06. The first-order chi connectivity index (χ1) is 11.1. The Morgan fingerprint density at radius 1 is 0.652 bits per heavy atom. The average molecular weight is 320 g/mol. The van der Waals surface area contributed by atoms with Crippen molar-refractivity contribution in [1.29, 1.82) is 0 Å². The minimum Gasteiger partial charge on any atom is -0.264 e. The summed E-state index contributed by atoms with van der Waals surface area (Å²) < 4.78 is 0. The smallest absolute Gasteiger partial charge is 0.169 e. The molecular formula is C21H22NS+. The first-order valence-corrected chi connectivity index (χ1v) is 9.07. The molecule has 0 fully saturated rings. The molecule has 0 atom stereocenters. The predicted octanol–water partition coefficient (Wildman–Crippen LogP) is 5.41. The van der Waals surface area contributed by atoms with Crippen LogP contribution in [0.4, 0.5) is 0 Å². The number of aryl methyl sites for hydroxylation is 4. The van der Waals surface area contributed by atoms with Gasteiger partial charge >= 0.3 is 0 Å². The van der Waals surface area contributed by atoms with Crippen LogP contribution >= 0.6 is 0 Å². The van der Waals surface area contributed by atoms with Crippen LogP contribution in [-0.4, -0.2) is 4.98 Å². The van der Waals surface area contributed by atoms with E-state index in [1.54, 1.807) is 0 Å². The Morgan fingerprint density at radius 2 is 1.13 bits per heavy atom. The number of pyridine rings is 1. The van der Waals surface area contributed by atoms with Crippen LogP contribution in [0.1, 0.15) is 22.3 Å². The lowest BCUT2D eigenvalue weighted by molar-refractivity contribution is 1.18. The fourth-order valence-electron chi connectivity index (χ4n) is 2.90. The van der Waals surface area contributed by atoms with E-state index < -0.39 is 0 Å². The van der Waals surface area contributed by atoms with Gasteiger partial charge in [0.15, 0.2) is 14.7 Å². The standard InChI is InChI=1S/C21H22NS/c1-15-5-7-20(17(3)13-15)23(19-9-11-22-12-10-19)21-8-6-16(2)14-18(21)4/h5-14H,1-4H3/q+1. The van der Waals surface area contributed by atoms with Gasteiger partial charge in [0, 0.05) is 35.7 Å². The van der Waals surface area contributed by atoms with E-state index in [0.29, 0.717) is 0 Å². The van der Waals surface area contributed by atoms with Crippen molar-refractivity contribution in [2.45, 2.75) is 42.4 Å². The predicted molar refractivity (Wildman–Crippen MR) is 98.2 cm³/mol. The molecule has 1 nitrogen and oxygen atoms in total.